The number of ether oxygens (including phenoxy) is 1. The summed E-state index contributed by atoms with van der Waals surface area (Å²) in [6.07, 6.45) is 2.80. The number of rotatable bonds is 9. The number of hydrogen-bond acceptors (Lipinski definition) is 6. The number of benzene rings is 2. The topological polar surface area (TPSA) is 97.0 Å². The Bertz CT molecular complexity index is 1410. The highest BCUT2D eigenvalue weighted by atomic mass is 32.1. The molecule has 8 nitrogen and oxygen atoms in total. The molecule has 0 aliphatic carbocycles. The molecule has 37 heavy (non-hydrogen) atoms. The standard InChI is InChI=1S/C28H26N4O4S/c1-36-22-12-10-19(11-13-22)28-23(17-31(30-28)21-6-3-2-4-7-21)25-16-24(20-14-15-37-18-20)29-32(25)26(33)8-5-9-27(34)35/h2-4,6-7,10-15,17-18,25H,5,8-9,16H2,1H3,(H,34,35). The van der Waals surface area contributed by atoms with Gasteiger partial charge in [0.1, 0.15) is 5.75 Å². The van der Waals surface area contributed by atoms with Crippen molar-refractivity contribution in [1.29, 1.82) is 0 Å². The molecule has 1 amide bonds. The van der Waals surface area contributed by atoms with Crippen molar-refractivity contribution in [2.75, 3.05) is 7.11 Å². The Morgan fingerprint density at radius 2 is 1.84 bits per heavy atom. The molecule has 188 valence electrons. The number of carboxylic acid groups (broad SMARTS) is 1. The summed E-state index contributed by atoms with van der Waals surface area (Å²) in [6.45, 7) is 0. The second-order valence-corrected chi connectivity index (χ2v) is 9.49. The minimum absolute atomic E-state index is 0.0611. The van der Waals surface area contributed by atoms with Gasteiger partial charge in [0.2, 0.25) is 5.91 Å². The Kier molecular flexibility index (Phi) is 7.14. The van der Waals surface area contributed by atoms with Crippen LogP contribution < -0.4 is 4.74 Å². The van der Waals surface area contributed by atoms with E-state index in [1.165, 1.54) is 5.01 Å². The predicted octanol–water partition coefficient (Wildman–Crippen LogP) is 5.54. The first-order chi connectivity index (χ1) is 18.0. The fraction of sp³-hybridized carbons (Fsp3) is 0.214. The molecule has 0 saturated carbocycles. The fourth-order valence-electron chi connectivity index (χ4n) is 4.41. The molecule has 4 aromatic rings. The maximum Gasteiger partial charge on any atom is 0.303 e. The van der Waals surface area contributed by atoms with E-state index in [1.807, 2.05) is 82.3 Å². The van der Waals surface area contributed by atoms with Crippen LogP contribution in [0.4, 0.5) is 0 Å². The number of carboxylic acids is 1. The highest BCUT2D eigenvalue weighted by Crippen LogP contribution is 2.39. The van der Waals surface area contributed by atoms with Gasteiger partial charge in [0.25, 0.3) is 0 Å². The van der Waals surface area contributed by atoms with Gasteiger partial charge < -0.3 is 9.84 Å². The van der Waals surface area contributed by atoms with Gasteiger partial charge in [0.05, 0.1) is 30.2 Å². The maximum atomic E-state index is 13.3. The molecule has 0 radical (unpaired) electrons. The lowest BCUT2D eigenvalue weighted by molar-refractivity contribution is -0.137. The van der Waals surface area contributed by atoms with Gasteiger partial charge in [0.15, 0.2) is 0 Å². The van der Waals surface area contributed by atoms with Crippen molar-refractivity contribution >= 4 is 28.9 Å². The van der Waals surface area contributed by atoms with Gasteiger partial charge in [-0.05, 0) is 59.6 Å². The molecular weight excluding hydrogens is 488 g/mol. The van der Waals surface area contributed by atoms with Crippen molar-refractivity contribution in [2.24, 2.45) is 5.10 Å². The molecule has 1 atom stereocenters. The van der Waals surface area contributed by atoms with Crippen molar-refractivity contribution in [2.45, 2.75) is 31.7 Å². The number of hydrazone groups is 1. The van der Waals surface area contributed by atoms with Crippen LogP contribution in [0, 0.1) is 0 Å². The van der Waals surface area contributed by atoms with E-state index in [0.717, 1.165) is 39.5 Å². The molecule has 0 fully saturated rings. The number of para-hydroxylation sites is 1. The Labute approximate surface area is 218 Å². The first kappa shape index (κ1) is 24.5. The van der Waals surface area contributed by atoms with Gasteiger partial charge in [-0.3, -0.25) is 9.59 Å². The normalized spacial score (nSPS) is 15.0. The van der Waals surface area contributed by atoms with Crippen LogP contribution in [0.5, 0.6) is 5.75 Å². The predicted molar refractivity (Wildman–Crippen MR) is 142 cm³/mol. The van der Waals surface area contributed by atoms with E-state index < -0.39 is 5.97 Å². The molecule has 2 aromatic heterocycles. The highest BCUT2D eigenvalue weighted by molar-refractivity contribution is 7.08. The minimum Gasteiger partial charge on any atom is -0.497 e. The molecule has 5 rings (SSSR count). The van der Waals surface area contributed by atoms with Crippen LogP contribution in [0.1, 0.15) is 42.9 Å². The molecule has 2 aromatic carbocycles. The summed E-state index contributed by atoms with van der Waals surface area (Å²) in [5.41, 5.74) is 5.23. The molecule has 1 unspecified atom stereocenters. The van der Waals surface area contributed by atoms with Gasteiger partial charge in [0, 0.05) is 42.1 Å². The lowest BCUT2D eigenvalue weighted by Crippen LogP contribution is -2.27. The molecule has 1 aliphatic heterocycles. The number of thiophene rings is 1. The fourth-order valence-corrected chi connectivity index (χ4v) is 5.07. The zero-order chi connectivity index (χ0) is 25.8. The molecule has 1 aliphatic rings. The third-order valence-corrected chi connectivity index (χ3v) is 6.97. The highest BCUT2D eigenvalue weighted by Gasteiger charge is 2.36. The number of carbonyl (C=O) groups is 2. The molecule has 3 heterocycles. The smallest absolute Gasteiger partial charge is 0.303 e. The van der Waals surface area contributed by atoms with E-state index in [-0.39, 0.29) is 31.2 Å². The van der Waals surface area contributed by atoms with Gasteiger partial charge in [-0.2, -0.15) is 21.5 Å². The summed E-state index contributed by atoms with van der Waals surface area (Å²) in [6, 6.07) is 19.1. The first-order valence-corrected chi connectivity index (χ1v) is 12.9. The summed E-state index contributed by atoms with van der Waals surface area (Å²) in [4.78, 5) is 24.3. The quantitative estimate of drug-likeness (QED) is 0.316. The van der Waals surface area contributed by atoms with E-state index in [9.17, 15) is 9.59 Å². The third-order valence-electron chi connectivity index (χ3n) is 6.29. The number of hydrogen-bond donors (Lipinski definition) is 1. The average Bonchev–Trinajstić information content (AvgIpc) is 3.68. The minimum atomic E-state index is -0.917. The first-order valence-electron chi connectivity index (χ1n) is 12.0. The van der Waals surface area contributed by atoms with Gasteiger partial charge in [-0.15, -0.1) is 0 Å². The van der Waals surface area contributed by atoms with Crippen molar-refractivity contribution in [3.63, 3.8) is 0 Å². The van der Waals surface area contributed by atoms with Crippen LogP contribution in [-0.4, -0.2) is 44.6 Å². The summed E-state index contributed by atoms with van der Waals surface area (Å²) < 4.78 is 7.15. The number of aliphatic carboxylic acids is 1. The van der Waals surface area contributed by atoms with Crippen molar-refractivity contribution in [1.82, 2.24) is 14.8 Å². The van der Waals surface area contributed by atoms with E-state index >= 15 is 0 Å². The van der Waals surface area contributed by atoms with Gasteiger partial charge >= 0.3 is 5.97 Å². The van der Waals surface area contributed by atoms with E-state index in [1.54, 1.807) is 18.4 Å². The molecule has 1 N–H and O–H groups in total. The van der Waals surface area contributed by atoms with E-state index in [2.05, 4.69) is 0 Å². The summed E-state index contributed by atoms with van der Waals surface area (Å²) in [7, 11) is 1.63. The van der Waals surface area contributed by atoms with Gasteiger partial charge in [-0.1, -0.05) is 18.2 Å². The molecular formula is C28H26N4O4S. The van der Waals surface area contributed by atoms with Crippen LogP contribution >= 0.6 is 11.3 Å². The zero-order valence-electron chi connectivity index (χ0n) is 20.3. The molecule has 9 heteroatoms. The average molecular weight is 515 g/mol. The molecule has 0 bridgehead atoms. The van der Waals surface area contributed by atoms with Crippen LogP contribution in [0.15, 0.2) is 82.7 Å². The number of methoxy groups -OCH3 is 1. The van der Waals surface area contributed by atoms with E-state index in [0.29, 0.717) is 6.42 Å². The third kappa shape index (κ3) is 5.31. The maximum absolute atomic E-state index is 13.3. The zero-order valence-corrected chi connectivity index (χ0v) is 21.1. The summed E-state index contributed by atoms with van der Waals surface area (Å²) in [5.74, 6) is -0.379. The van der Waals surface area contributed by atoms with Gasteiger partial charge in [-0.25, -0.2) is 9.69 Å². The Morgan fingerprint density at radius 3 is 2.51 bits per heavy atom. The number of amides is 1. The van der Waals surface area contributed by atoms with Crippen LogP contribution in [0.2, 0.25) is 0 Å². The second-order valence-electron chi connectivity index (χ2n) is 8.71. The lowest BCUT2D eigenvalue weighted by Gasteiger charge is -2.22. The Hall–Kier alpha value is -4.24. The van der Waals surface area contributed by atoms with Crippen molar-refractivity contribution in [3.05, 3.63) is 88.7 Å². The van der Waals surface area contributed by atoms with Crippen LogP contribution in [-0.2, 0) is 9.59 Å². The van der Waals surface area contributed by atoms with Crippen molar-refractivity contribution < 1.29 is 19.4 Å². The Balaban J connectivity index is 1.56. The second kappa shape index (κ2) is 10.8. The summed E-state index contributed by atoms with van der Waals surface area (Å²) >= 11 is 1.58. The SMILES string of the molecule is COc1ccc(-c2nn(-c3ccccc3)cc2C2CC(c3ccsc3)=NN2C(=O)CCCC(=O)O)cc1. The summed E-state index contributed by atoms with van der Waals surface area (Å²) in [5, 5.41) is 24.2. The number of aromatic nitrogens is 2. The number of nitrogens with zero attached hydrogens (tertiary/aromatic N) is 4. The largest absolute Gasteiger partial charge is 0.497 e. The number of carbonyl (C=O) groups excluding carboxylic acids is 1. The lowest BCUT2D eigenvalue weighted by atomic mass is 9.97. The Morgan fingerprint density at radius 1 is 1.05 bits per heavy atom. The van der Waals surface area contributed by atoms with Crippen molar-refractivity contribution in [3.8, 4) is 22.7 Å². The van der Waals surface area contributed by atoms with Crippen LogP contribution in [0.25, 0.3) is 16.9 Å². The van der Waals surface area contributed by atoms with Crippen LogP contribution in [0.3, 0.4) is 0 Å². The van der Waals surface area contributed by atoms with E-state index in [4.69, 9.17) is 20.0 Å². The monoisotopic (exact) mass is 514 g/mol. The molecule has 0 spiro atoms. The molecule has 0 saturated heterocycles.